The first-order valence-electron chi connectivity index (χ1n) is 11.6. The highest BCUT2D eigenvalue weighted by Gasteiger charge is 2.52. The fourth-order valence-electron chi connectivity index (χ4n) is 4.78. The molecule has 1 amide bonds. The van der Waals surface area contributed by atoms with Crippen molar-refractivity contribution in [1.29, 1.82) is 0 Å². The molecule has 1 aliphatic carbocycles. The number of aliphatic hydroxyl groups excluding tert-OH is 2. The molecule has 7 nitrogen and oxygen atoms in total. The Morgan fingerprint density at radius 2 is 1.74 bits per heavy atom. The van der Waals surface area contributed by atoms with E-state index in [1.807, 2.05) is 22.8 Å². The van der Waals surface area contributed by atoms with Crippen LogP contribution in [0, 0.1) is 0 Å². The van der Waals surface area contributed by atoms with Crippen molar-refractivity contribution in [3.63, 3.8) is 0 Å². The molecule has 0 saturated heterocycles. The van der Waals surface area contributed by atoms with Crippen molar-refractivity contribution in [2.45, 2.75) is 56.8 Å². The van der Waals surface area contributed by atoms with Crippen molar-refractivity contribution in [3.8, 4) is 11.5 Å². The Kier molecular flexibility index (Phi) is 5.34. The molecule has 3 N–H and O–H groups in total. The average Bonchev–Trinajstić information content (AvgIpc) is 3.42. The highest BCUT2D eigenvalue weighted by molar-refractivity contribution is 6.02. The number of fused-ring (bicyclic) bond motifs is 2. The Bertz CT molecular complexity index is 1300. The number of aliphatic hydroxyl groups is 2. The third-order valence-corrected chi connectivity index (χ3v) is 6.79. The maximum absolute atomic E-state index is 13.4. The van der Waals surface area contributed by atoms with Crippen LogP contribution in [0.15, 0.2) is 42.5 Å². The van der Waals surface area contributed by atoms with Gasteiger partial charge in [-0.25, -0.2) is 0 Å². The van der Waals surface area contributed by atoms with Crippen LogP contribution in [0.1, 0.15) is 50.9 Å². The van der Waals surface area contributed by atoms with Crippen LogP contribution in [0.4, 0.5) is 14.5 Å². The molecule has 9 heteroatoms. The van der Waals surface area contributed by atoms with Gasteiger partial charge in [-0.05, 0) is 54.8 Å². The summed E-state index contributed by atoms with van der Waals surface area (Å²) >= 11 is 0. The zero-order valence-corrected chi connectivity index (χ0v) is 19.8. The van der Waals surface area contributed by atoms with Gasteiger partial charge >= 0.3 is 6.29 Å². The smallest absolute Gasteiger partial charge is 0.395 e. The van der Waals surface area contributed by atoms with Crippen LogP contribution in [0.25, 0.3) is 10.9 Å². The van der Waals surface area contributed by atoms with Crippen LogP contribution in [0.5, 0.6) is 11.5 Å². The van der Waals surface area contributed by atoms with E-state index in [9.17, 15) is 23.8 Å². The number of alkyl halides is 2. The highest BCUT2D eigenvalue weighted by atomic mass is 19.3. The Balaban J connectivity index is 1.44. The fraction of sp³-hybridized carbons (Fsp3) is 0.423. The Morgan fingerprint density at radius 3 is 2.37 bits per heavy atom. The molecule has 186 valence electrons. The van der Waals surface area contributed by atoms with E-state index < -0.39 is 17.8 Å². The molecule has 0 atom stereocenters. The topological polar surface area (TPSA) is 93.0 Å². The monoisotopic (exact) mass is 486 g/mol. The Hall–Kier alpha value is -3.17. The second kappa shape index (κ2) is 7.93. The van der Waals surface area contributed by atoms with Gasteiger partial charge in [0.05, 0.1) is 24.7 Å². The van der Waals surface area contributed by atoms with E-state index in [0.29, 0.717) is 24.1 Å². The molecule has 2 aliphatic rings. The molecule has 1 saturated carbocycles. The van der Waals surface area contributed by atoms with E-state index in [-0.39, 0.29) is 36.0 Å². The summed E-state index contributed by atoms with van der Waals surface area (Å²) in [4.78, 5) is 13.3. The number of amides is 1. The number of aromatic nitrogens is 1. The quantitative estimate of drug-likeness (QED) is 0.479. The summed E-state index contributed by atoms with van der Waals surface area (Å²) in [6.07, 6.45) is -2.52. The minimum absolute atomic E-state index is 0.0522. The molecule has 3 aromatic rings. The van der Waals surface area contributed by atoms with E-state index in [0.717, 1.165) is 16.6 Å². The number of benzene rings is 2. The maximum atomic E-state index is 13.4. The van der Waals surface area contributed by atoms with Crippen molar-refractivity contribution in [2.24, 2.45) is 0 Å². The van der Waals surface area contributed by atoms with Crippen LogP contribution in [-0.2, 0) is 15.6 Å². The number of hydrogen-bond acceptors (Lipinski definition) is 5. The molecular weight excluding hydrogens is 458 g/mol. The van der Waals surface area contributed by atoms with Gasteiger partial charge in [-0.1, -0.05) is 26.8 Å². The Labute approximate surface area is 201 Å². The lowest BCUT2D eigenvalue weighted by Crippen LogP contribution is -2.28. The summed E-state index contributed by atoms with van der Waals surface area (Å²) in [6.45, 7) is 5.77. The minimum Gasteiger partial charge on any atom is -0.395 e. The largest absolute Gasteiger partial charge is 0.586 e. The number of halogens is 2. The standard InChI is InChI=1S/C26H28F2N2O5/c1-24(2,3)22-11-15-10-17(5-6-19(15)30(22)18(13-31)14-32)29-23(33)25(8-9-25)16-4-7-20-21(12-16)35-26(27,28)34-20/h4-7,10-12,18,31-32H,8-9,13-14H2,1-3H3,(H,29,33). The predicted octanol–water partition coefficient (Wildman–Crippen LogP) is 4.46. The second-order valence-corrected chi connectivity index (χ2v) is 10.3. The molecule has 2 heterocycles. The average molecular weight is 487 g/mol. The molecule has 1 aromatic heterocycles. The molecule has 35 heavy (non-hydrogen) atoms. The van der Waals surface area contributed by atoms with Gasteiger partial charge in [-0.2, -0.15) is 0 Å². The van der Waals surface area contributed by atoms with Crippen LogP contribution in [0.3, 0.4) is 0 Å². The van der Waals surface area contributed by atoms with Gasteiger partial charge < -0.3 is 29.6 Å². The minimum atomic E-state index is -3.71. The molecule has 2 aromatic carbocycles. The lowest BCUT2D eigenvalue weighted by molar-refractivity contribution is -0.286. The van der Waals surface area contributed by atoms with Crippen molar-refractivity contribution < 1.29 is 33.3 Å². The second-order valence-electron chi connectivity index (χ2n) is 10.3. The predicted molar refractivity (Wildman–Crippen MR) is 126 cm³/mol. The van der Waals surface area contributed by atoms with Crippen molar-refractivity contribution >= 4 is 22.5 Å². The first-order chi connectivity index (χ1) is 16.5. The van der Waals surface area contributed by atoms with Gasteiger partial charge in [0.25, 0.3) is 0 Å². The summed E-state index contributed by atoms with van der Waals surface area (Å²) in [5.41, 5.74) is 1.96. The number of hydrogen-bond donors (Lipinski definition) is 3. The summed E-state index contributed by atoms with van der Waals surface area (Å²) in [6, 6.07) is 11.5. The van der Waals surface area contributed by atoms with Crippen molar-refractivity contribution in [2.75, 3.05) is 18.5 Å². The van der Waals surface area contributed by atoms with Gasteiger partial charge in [0.15, 0.2) is 11.5 Å². The van der Waals surface area contributed by atoms with E-state index in [2.05, 4.69) is 35.6 Å². The molecule has 0 radical (unpaired) electrons. The third-order valence-electron chi connectivity index (χ3n) is 6.79. The van der Waals surface area contributed by atoms with Crippen LogP contribution >= 0.6 is 0 Å². The summed E-state index contributed by atoms with van der Waals surface area (Å²) < 4.78 is 37.8. The number of carbonyl (C=O) groups excluding carboxylic acids is 1. The summed E-state index contributed by atoms with van der Waals surface area (Å²) in [5, 5.41) is 23.5. The van der Waals surface area contributed by atoms with E-state index in [1.54, 1.807) is 12.1 Å². The lowest BCUT2D eigenvalue weighted by Gasteiger charge is -2.26. The normalized spacial score (nSPS) is 17.7. The first-order valence-corrected chi connectivity index (χ1v) is 11.6. The first kappa shape index (κ1) is 23.6. The molecule has 1 aliphatic heterocycles. The van der Waals surface area contributed by atoms with E-state index in [4.69, 9.17) is 0 Å². The van der Waals surface area contributed by atoms with Gasteiger partial charge in [0.2, 0.25) is 5.91 Å². The summed E-state index contributed by atoms with van der Waals surface area (Å²) in [7, 11) is 0. The molecule has 0 spiro atoms. The summed E-state index contributed by atoms with van der Waals surface area (Å²) in [5.74, 6) is -0.350. The zero-order valence-electron chi connectivity index (χ0n) is 19.8. The number of nitrogens with one attached hydrogen (secondary N) is 1. The molecular formula is C26H28F2N2O5. The van der Waals surface area contributed by atoms with Crippen LogP contribution < -0.4 is 14.8 Å². The SMILES string of the molecule is CC(C)(C)c1cc2cc(NC(=O)C3(c4ccc5c(c4)OC(F)(F)O5)CC3)ccc2n1C(CO)CO. The molecule has 0 bridgehead atoms. The van der Waals surface area contributed by atoms with Gasteiger partial charge in [0.1, 0.15) is 0 Å². The Morgan fingerprint density at radius 1 is 1.06 bits per heavy atom. The number of nitrogens with zero attached hydrogens (tertiary/aromatic N) is 1. The molecule has 0 unspecified atom stereocenters. The molecule has 5 rings (SSSR count). The van der Waals surface area contributed by atoms with Gasteiger partial charge in [-0.3, -0.25) is 4.79 Å². The van der Waals surface area contributed by atoms with E-state index >= 15 is 0 Å². The molecule has 1 fully saturated rings. The third kappa shape index (κ3) is 4.02. The zero-order chi connectivity index (χ0) is 25.2. The van der Waals surface area contributed by atoms with Gasteiger partial charge in [0, 0.05) is 27.7 Å². The number of rotatable bonds is 6. The fourth-order valence-corrected chi connectivity index (χ4v) is 4.78. The number of carbonyl (C=O) groups is 1. The van der Waals surface area contributed by atoms with Crippen molar-refractivity contribution in [1.82, 2.24) is 4.57 Å². The lowest BCUT2D eigenvalue weighted by atomic mass is 9.91. The van der Waals surface area contributed by atoms with Crippen molar-refractivity contribution in [3.05, 3.63) is 53.7 Å². The van der Waals surface area contributed by atoms with Gasteiger partial charge in [-0.15, -0.1) is 8.78 Å². The number of anilines is 1. The van der Waals surface area contributed by atoms with Crippen LogP contribution in [-0.4, -0.2) is 40.2 Å². The van der Waals surface area contributed by atoms with Crippen LogP contribution in [0.2, 0.25) is 0 Å². The highest BCUT2D eigenvalue weighted by Crippen LogP contribution is 2.52. The maximum Gasteiger partial charge on any atom is 0.586 e. The van der Waals surface area contributed by atoms with E-state index in [1.165, 1.54) is 12.1 Å². The number of ether oxygens (including phenoxy) is 2.